The van der Waals surface area contributed by atoms with Gasteiger partial charge in [-0.15, -0.1) is 10.2 Å². The summed E-state index contributed by atoms with van der Waals surface area (Å²) in [5.41, 5.74) is 0.975. The minimum atomic E-state index is -0.249. The van der Waals surface area contributed by atoms with Gasteiger partial charge in [0.25, 0.3) is 5.56 Å². The van der Waals surface area contributed by atoms with Crippen LogP contribution >= 0.6 is 0 Å². The van der Waals surface area contributed by atoms with Gasteiger partial charge in [-0.2, -0.15) is 0 Å². The molecule has 7 heteroatoms. The van der Waals surface area contributed by atoms with E-state index < -0.39 is 0 Å². The second-order valence-electron chi connectivity index (χ2n) is 7.89. The van der Waals surface area contributed by atoms with Crippen molar-refractivity contribution in [3.8, 4) is 29.0 Å². The molecule has 2 N–H and O–H groups in total. The molecule has 1 saturated heterocycles. The standard InChI is InChI=1S/C22H27N5O2/c1-3-27-12-4-5-17(14-27)23-20-22(29)26(2)21(25-24-20)18-11-10-16(13-19(18)28)9-8-15-6-7-15/h10-11,13,15,17,28H,3-7,12,14H2,1-2H3,(H,23,24)/t17-/m1/s1. The number of likely N-dealkylation sites (N-methyl/N-ethyl adjacent to an activating group) is 1. The number of phenols is 1. The molecular formula is C22H27N5O2. The predicted molar refractivity (Wildman–Crippen MR) is 113 cm³/mol. The molecule has 0 bridgehead atoms. The van der Waals surface area contributed by atoms with Crippen LogP contribution in [0.3, 0.4) is 0 Å². The number of aromatic hydroxyl groups is 1. The number of nitrogens with zero attached hydrogens (tertiary/aromatic N) is 4. The van der Waals surface area contributed by atoms with Crippen molar-refractivity contribution in [2.75, 3.05) is 25.0 Å². The molecule has 0 amide bonds. The van der Waals surface area contributed by atoms with Gasteiger partial charge in [0.05, 0.1) is 5.56 Å². The summed E-state index contributed by atoms with van der Waals surface area (Å²) < 4.78 is 1.43. The summed E-state index contributed by atoms with van der Waals surface area (Å²) in [6.07, 6.45) is 4.42. The number of rotatable bonds is 4. The molecule has 29 heavy (non-hydrogen) atoms. The van der Waals surface area contributed by atoms with Crippen molar-refractivity contribution >= 4 is 5.82 Å². The van der Waals surface area contributed by atoms with Gasteiger partial charge in [-0.1, -0.05) is 18.8 Å². The molecule has 0 radical (unpaired) electrons. The van der Waals surface area contributed by atoms with Crippen molar-refractivity contribution in [1.29, 1.82) is 0 Å². The van der Waals surface area contributed by atoms with Crippen LogP contribution in [0.4, 0.5) is 5.82 Å². The lowest BCUT2D eigenvalue weighted by molar-refractivity contribution is 0.226. The average molecular weight is 393 g/mol. The first-order valence-electron chi connectivity index (χ1n) is 10.3. The number of benzene rings is 1. The van der Waals surface area contributed by atoms with Crippen LogP contribution < -0.4 is 10.9 Å². The number of hydrogen-bond donors (Lipinski definition) is 2. The number of anilines is 1. The third-order valence-corrected chi connectivity index (χ3v) is 5.60. The van der Waals surface area contributed by atoms with Gasteiger partial charge >= 0.3 is 0 Å². The summed E-state index contributed by atoms with van der Waals surface area (Å²) in [4.78, 5) is 15.2. The first-order chi connectivity index (χ1) is 14.0. The minimum Gasteiger partial charge on any atom is -0.507 e. The first kappa shape index (κ1) is 19.5. The summed E-state index contributed by atoms with van der Waals surface area (Å²) in [7, 11) is 1.65. The van der Waals surface area contributed by atoms with Crippen LogP contribution in [-0.2, 0) is 7.05 Å². The Kier molecular flexibility index (Phi) is 5.54. The fourth-order valence-electron chi connectivity index (χ4n) is 3.65. The number of piperidine rings is 1. The van der Waals surface area contributed by atoms with E-state index in [0.29, 0.717) is 17.3 Å². The molecular weight excluding hydrogens is 366 g/mol. The molecule has 2 fully saturated rings. The van der Waals surface area contributed by atoms with E-state index in [2.05, 4.69) is 39.2 Å². The monoisotopic (exact) mass is 393 g/mol. The van der Waals surface area contributed by atoms with E-state index in [4.69, 9.17) is 0 Å². The molecule has 1 atom stereocenters. The lowest BCUT2D eigenvalue weighted by Crippen LogP contribution is -2.43. The molecule has 2 aromatic rings. The summed E-state index contributed by atoms with van der Waals surface area (Å²) in [5.74, 6) is 7.39. The SMILES string of the molecule is CCN1CCC[C@@H](Nc2nnc(-c3ccc(C#CC4CC4)cc3O)n(C)c2=O)C1. The Hall–Kier alpha value is -2.85. The van der Waals surface area contributed by atoms with Crippen molar-refractivity contribution in [3.63, 3.8) is 0 Å². The van der Waals surface area contributed by atoms with E-state index in [0.717, 1.165) is 50.9 Å². The summed E-state index contributed by atoms with van der Waals surface area (Å²) in [5, 5.41) is 22.1. The normalized spacial score (nSPS) is 19.4. The highest BCUT2D eigenvalue weighted by Crippen LogP contribution is 2.29. The molecule has 0 spiro atoms. The van der Waals surface area contributed by atoms with Gasteiger partial charge in [-0.25, -0.2) is 0 Å². The number of aromatic nitrogens is 3. The van der Waals surface area contributed by atoms with E-state index in [1.807, 2.05) is 6.07 Å². The smallest absolute Gasteiger partial charge is 0.296 e. The van der Waals surface area contributed by atoms with Crippen molar-refractivity contribution in [2.45, 2.75) is 38.6 Å². The van der Waals surface area contributed by atoms with Crippen LogP contribution in [0.1, 0.15) is 38.2 Å². The number of hydrogen-bond acceptors (Lipinski definition) is 6. The maximum Gasteiger partial charge on any atom is 0.296 e. The highest BCUT2D eigenvalue weighted by atomic mass is 16.3. The highest BCUT2D eigenvalue weighted by molar-refractivity contribution is 5.66. The maximum atomic E-state index is 12.8. The predicted octanol–water partition coefficient (Wildman–Crippen LogP) is 2.21. The molecule has 152 valence electrons. The number of nitrogens with one attached hydrogen (secondary N) is 1. The van der Waals surface area contributed by atoms with Crippen LogP contribution in [0.5, 0.6) is 5.75 Å². The number of likely N-dealkylation sites (tertiary alicyclic amines) is 1. The fraction of sp³-hybridized carbons (Fsp3) is 0.500. The van der Waals surface area contributed by atoms with E-state index >= 15 is 0 Å². The Morgan fingerprint density at radius 1 is 1.28 bits per heavy atom. The molecule has 4 rings (SSSR count). The highest BCUT2D eigenvalue weighted by Gasteiger charge is 2.22. The Morgan fingerprint density at radius 3 is 2.83 bits per heavy atom. The quantitative estimate of drug-likeness (QED) is 0.775. The Labute approximate surface area is 170 Å². The molecule has 1 aliphatic heterocycles. The van der Waals surface area contributed by atoms with Gasteiger partial charge < -0.3 is 15.3 Å². The molecule has 1 aromatic carbocycles. The second kappa shape index (κ2) is 8.26. The Bertz CT molecular complexity index is 1020. The fourth-order valence-corrected chi connectivity index (χ4v) is 3.65. The summed E-state index contributed by atoms with van der Waals surface area (Å²) in [6.45, 7) is 5.14. The topological polar surface area (TPSA) is 83.3 Å². The zero-order valence-corrected chi connectivity index (χ0v) is 17.0. The van der Waals surface area contributed by atoms with Gasteiger partial charge in [0.2, 0.25) is 5.82 Å². The minimum absolute atomic E-state index is 0.0449. The molecule has 2 heterocycles. The van der Waals surface area contributed by atoms with Crippen LogP contribution in [0, 0.1) is 17.8 Å². The van der Waals surface area contributed by atoms with Crippen molar-refractivity contribution in [2.24, 2.45) is 13.0 Å². The average Bonchev–Trinajstić information content (AvgIpc) is 3.55. The second-order valence-corrected chi connectivity index (χ2v) is 7.89. The van der Waals surface area contributed by atoms with Crippen molar-refractivity contribution in [1.82, 2.24) is 19.7 Å². The molecule has 7 nitrogen and oxygen atoms in total. The third kappa shape index (κ3) is 4.43. The van der Waals surface area contributed by atoms with Crippen LogP contribution in [0.25, 0.3) is 11.4 Å². The largest absolute Gasteiger partial charge is 0.507 e. The van der Waals surface area contributed by atoms with Crippen molar-refractivity contribution in [3.05, 3.63) is 34.1 Å². The Balaban J connectivity index is 1.55. The van der Waals surface area contributed by atoms with Gasteiger partial charge in [0.15, 0.2) is 5.82 Å². The molecule has 0 unspecified atom stereocenters. The lowest BCUT2D eigenvalue weighted by atomic mass is 10.1. The van der Waals surface area contributed by atoms with E-state index in [1.54, 1.807) is 19.2 Å². The summed E-state index contributed by atoms with van der Waals surface area (Å²) >= 11 is 0. The van der Waals surface area contributed by atoms with Crippen LogP contribution in [-0.4, -0.2) is 50.4 Å². The number of phenolic OH excluding ortho intramolecular Hbond substituents is 1. The lowest BCUT2D eigenvalue weighted by Gasteiger charge is -2.32. The molecule has 1 aromatic heterocycles. The zero-order chi connectivity index (χ0) is 20.4. The summed E-state index contributed by atoms with van der Waals surface area (Å²) in [6, 6.07) is 5.38. The van der Waals surface area contributed by atoms with Gasteiger partial charge in [0.1, 0.15) is 5.75 Å². The molecule has 1 aliphatic carbocycles. The van der Waals surface area contributed by atoms with Gasteiger partial charge in [0, 0.05) is 31.1 Å². The van der Waals surface area contributed by atoms with Crippen LogP contribution in [0.15, 0.2) is 23.0 Å². The third-order valence-electron chi connectivity index (χ3n) is 5.60. The van der Waals surface area contributed by atoms with Crippen molar-refractivity contribution < 1.29 is 5.11 Å². The maximum absolute atomic E-state index is 12.8. The van der Waals surface area contributed by atoms with E-state index in [1.165, 1.54) is 4.57 Å². The Morgan fingerprint density at radius 2 is 2.10 bits per heavy atom. The first-order valence-corrected chi connectivity index (χ1v) is 10.3. The molecule has 2 aliphatic rings. The van der Waals surface area contributed by atoms with E-state index in [-0.39, 0.29) is 23.2 Å². The van der Waals surface area contributed by atoms with Gasteiger partial charge in [-0.3, -0.25) is 9.36 Å². The van der Waals surface area contributed by atoms with Gasteiger partial charge in [-0.05, 0) is 57.0 Å². The van der Waals surface area contributed by atoms with Crippen LogP contribution in [0.2, 0.25) is 0 Å². The zero-order valence-electron chi connectivity index (χ0n) is 17.0. The van der Waals surface area contributed by atoms with E-state index in [9.17, 15) is 9.90 Å². The molecule has 1 saturated carbocycles.